The third-order valence-corrected chi connectivity index (χ3v) is 16.6. The number of hydrogen-bond donors (Lipinski definition) is 1. The first-order valence-electron chi connectivity index (χ1n) is 20.3. The number of nitrogens with zero attached hydrogens (tertiary/aromatic N) is 4. The van der Waals surface area contributed by atoms with Gasteiger partial charge in [-0.15, -0.1) is 0 Å². The van der Waals surface area contributed by atoms with Gasteiger partial charge in [0, 0.05) is 49.7 Å². The van der Waals surface area contributed by atoms with Crippen LogP contribution in [0.2, 0.25) is 0 Å². The number of benzene rings is 6. The Morgan fingerprint density at radius 2 is 1.05 bits per heavy atom. The molecule has 0 amide bonds. The van der Waals surface area contributed by atoms with Crippen molar-refractivity contribution >= 4 is 72.7 Å². The largest absolute Gasteiger partial charge is 0.294 e. The molecule has 6 heteroatoms. The van der Waals surface area contributed by atoms with Crippen molar-refractivity contribution in [3.8, 4) is 11.5 Å². The van der Waals surface area contributed by atoms with E-state index in [1.54, 1.807) is 0 Å². The number of H-pyrrole nitrogens is 1. The summed E-state index contributed by atoms with van der Waals surface area (Å²) >= 11 is 0. The highest BCUT2D eigenvalue weighted by Gasteiger charge is 2.44. The smallest absolute Gasteiger partial charge is 0.202 e. The van der Waals surface area contributed by atoms with Crippen LogP contribution in [0.1, 0.15) is 52.8 Å². The van der Waals surface area contributed by atoms with Crippen molar-refractivity contribution in [2.24, 2.45) is 0 Å². The molecule has 0 saturated heterocycles. The number of hydrogen-bond acceptors (Lipinski definition) is 2. The molecular weight excluding hydrogens is 723 g/mol. The second-order valence-electron chi connectivity index (χ2n) is 17.7. The summed E-state index contributed by atoms with van der Waals surface area (Å²) in [6.07, 6.45) is 0. The van der Waals surface area contributed by atoms with Gasteiger partial charge in [0.1, 0.15) is 5.65 Å². The summed E-state index contributed by atoms with van der Waals surface area (Å²) < 4.78 is 4.72. The van der Waals surface area contributed by atoms with E-state index in [-0.39, 0.29) is 10.8 Å². The summed E-state index contributed by atoms with van der Waals surface area (Å²) in [5.74, 6) is 0.890. The Bertz CT molecular complexity index is 3100. The molecule has 5 nitrogen and oxygen atoms in total. The van der Waals surface area contributed by atoms with Gasteiger partial charge in [-0.05, 0) is 69.0 Å². The Kier molecular flexibility index (Phi) is 8.22. The van der Waals surface area contributed by atoms with Crippen molar-refractivity contribution in [2.45, 2.75) is 52.4 Å². The van der Waals surface area contributed by atoms with Gasteiger partial charge in [0.15, 0.2) is 5.82 Å². The van der Waals surface area contributed by atoms with Gasteiger partial charge >= 0.3 is 0 Å². The highest BCUT2D eigenvalue weighted by molar-refractivity contribution is 7.19. The Balaban J connectivity index is 1.32. The number of aromatic amines is 1. The molecule has 0 aliphatic heterocycles. The van der Waals surface area contributed by atoms with Crippen LogP contribution in [0.4, 0.5) is 0 Å². The van der Waals surface area contributed by atoms with Crippen LogP contribution < -0.4 is 20.9 Å². The second kappa shape index (κ2) is 13.3. The molecule has 0 saturated carbocycles. The first-order valence-corrected chi connectivity index (χ1v) is 22.3. The topological polar surface area (TPSA) is 51.4 Å². The average molecular weight is 770 g/mol. The van der Waals surface area contributed by atoms with E-state index in [4.69, 9.17) is 10.1 Å². The molecule has 0 unspecified atom stereocenters. The van der Waals surface area contributed by atoms with Crippen LogP contribution in [-0.2, 0) is 10.8 Å². The molecule has 4 heterocycles. The molecule has 58 heavy (non-hydrogen) atoms. The molecule has 1 N–H and O–H groups in total. The van der Waals surface area contributed by atoms with E-state index >= 15 is 0 Å². The fourth-order valence-corrected chi connectivity index (χ4v) is 13.6. The van der Waals surface area contributed by atoms with Gasteiger partial charge in [0.25, 0.3) is 0 Å². The number of nitrogens with one attached hydrogen (secondary N) is 1. The Labute approximate surface area is 340 Å². The van der Waals surface area contributed by atoms with E-state index in [2.05, 4.69) is 226 Å². The first-order chi connectivity index (χ1) is 28.0. The zero-order valence-corrected chi connectivity index (χ0v) is 35.0. The number of rotatable bonds is 6. The molecule has 0 spiro atoms. The van der Waals surface area contributed by atoms with Crippen LogP contribution in [-0.4, -0.2) is 32.4 Å². The van der Waals surface area contributed by atoms with Crippen LogP contribution in [0, 0.1) is 0 Å². The van der Waals surface area contributed by atoms with Crippen LogP contribution in [0.5, 0.6) is 0 Å². The molecule has 10 rings (SSSR count). The lowest BCUT2D eigenvalue weighted by atomic mass is 9.87. The number of aromatic nitrogens is 5. The monoisotopic (exact) mass is 769 g/mol. The summed E-state index contributed by atoms with van der Waals surface area (Å²) in [5, 5.41) is 18.0. The molecule has 10 aromatic rings. The average Bonchev–Trinajstić information content (AvgIpc) is 3.95. The molecule has 284 valence electrons. The molecule has 6 aromatic carbocycles. The molecule has 0 radical (unpaired) electrons. The normalized spacial score (nSPS) is 12.7. The Hall–Kier alpha value is -6.50. The van der Waals surface area contributed by atoms with Crippen molar-refractivity contribution in [3.05, 3.63) is 181 Å². The minimum absolute atomic E-state index is 0.00137. The van der Waals surface area contributed by atoms with Crippen LogP contribution >= 0.6 is 0 Å². The first kappa shape index (κ1) is 35.9. The standard InChI is InChI=1S/C52H47N5Si/c1-51(2,3)35-18-17-19-36(32-35)56-44-26-15-14-25-41(44)43-30-31-49(53-50(43)56)58(37-20-9-7-10-21-37,38-22-11-8-12-23-38)39-28-29-42-40-24-13-16-27-45(40)57(46(42)33-39)48-34-47(54-55-48)52(4,5)6/h7-34H,1-6H3,(H,54,55). The Morgan fingerprint density at radius 1 is 0.466 bits per heavy atom. The predicted octanol–water partition coefficient (Wildman–Crippen LogP) is 9.97. The number of pyridine rings is 1. The molecule has 0 aliphatic carbocycles. The summed E-state index contributed by atoms with van der Waals surface area (Å²) in [7, 11) is -3.11. The summed E-state index contributed by atoms with van der Waals surface area (Å²) in [4.78, 5) is 5.92. The third-order valence-electron chi connectivity index (χ3n) is 12.0. The van der Waals surface area contributed by atoms with Gasteiger partial charge in [0.2, 0.25) is 8.07 Å². The molecule has 0 aliphatic rings. The zero-order chi connectivity index (χ0) is 39.8. The fraction of sp³-hybridized carbons (Fsp3) is 0.154. The SMILES string of the molecule is CC(C)(C)c1cccc(-n2c3ccccc3c3ccc([Si](c4ccccc4)(c4ccccc4)c4ccc5c6ccccc6n(-c6cc(C(C)(C)C)[nH]n6)c5c4)nc32)c1. The maximum atomic E-state index is 5.92. The van der Waals surface area contributed by atoms with Crippen LogP contribution in [0.15, 0.2) is 170 Å². The number of fused-ring (bicyclic) bond motifs is 6. The van der Waals surface area contributed by atoms with Crippen molar-refractivity contribution in [2.75, 3.05) is 0 Å². The van der Waals surface area contributed by atoms with Gasteiger partial charge in [-0.25, -0.2) is 4.98 Å². The van der Waals surface area contributed by atoms with E-state index in [9.17, 15) is 0 Å². The molecule has 0 fully saturated rings. The molecular formula is C52H47N5Si. The summed E-state index contributed by atoms with van der Waals surface area (Å²) in [6.45, 7) is 13.5. The van der Waals surface area contributed by atoms with E-state index in [1.165, 1.54) is 37.3 Å². The van der Waals surface area contributed by atoms with Gasteiger partial charge in [-0.1, -0.05) is 163 Å². The van der Waals surface area contributed by atoms with E-state index in [1.807, 2.05) is 0 Å². The van der Waals surface area contributed by atoms with Crippen LogP contribution in [0.3, 0.4) is 0 Å². The quantitative estimate of drug-likeness (QED) is 0.135. The fourth-order valence-electron chi connectivity index (χ4n) is 9.00. The van der Waals surface area contributed by atoms with Crippen molar-refractivity contribution < 1.29 is 0 Å². The maximum absolute atomic E-state index is 5.92. The van der Waals surface area contributed by atoms with Gasteiger partial charge in [-0.3, -0.25) is 14.2 Å². The summed E-state index contributed by atoms with van der Waals surface area (Å²) in [5.41, 5.74) is 7.82. The van der Waals surface area contributed by atoms with Gasteiger partial charge in [-0.2, -0.15) is 5.10 Å². The van der Waals surface area contributed by atoms with Gasteiger partial charge in [0.05, 0.1) is 16.6 Å². The second-order valence-corrected chi connectivity index (χ2v) is 21.4. The lowest BCUT2D eigenvalue weighted by Gasteiger charge is -2.33. The predicted molar refractivity (Wildman–Crippen MR) is 246 cm³/mol. The number of para-hydroxylation sites is 2. The van der Waals surface area contributed by atoms with Crippen molar-refractivity contribution in [3.63, 3.8) is 0 Å². The van der Waals surface area contributed by atoms with Crippen molar-refractivity contribution in [1.82, 2.24) is 24.3 Å². The molecule has 0 atom stereocenters. The highest BCUT2D eigenvalue weighted by Crippen LogP contribution is 2.35. The summed E-state index contributed by atoms with van der Waals surface area (Å²) in [6, 6.07) is 62.7. The van der Waals surface area contributed by atoms with E-state index < -0.39 is 8.07 Å². The maximum Gasteiger partial charge on any atom is 0.202 e. The lowest BCUT2D eigenvalue weighted by Crippen LogP contribution is -2.75. The minimum atomic E-state index is -3.11. The van der Waals surface area contributed by atoms with E-state index in [0.29, 0.717) is 0 Å². The highest BCUT2D eigenvalue weighted by atomic mass is 28.3. The van der Waals surface area contributed by atoms with Crippen molar-refractivity contribution in [1.29, 1.82) is 0 Å². The lowest BCUT2D eigenvalue weighted by molar-refractivity contribution is 0.567. The third kappa shape index (κ3) is 5.58. The minimum Gasteiger partial charge on any atom is -0.294 e. The van der Waals surface area contributed by atoms with Crippen LogP contribution in [0.25, 0.3) is 55.2 Å². The molecule has 4 aromatic heterocycles. The van der Waals surface area contributed by atoms with E-state index in [0.717, 1.165) is 50.1 Å². The Morgan fingerprint density at radius 3 is 1.69 bits per heavy atom. The zero-order valence-electron chi connectivity index (χ0n) is 34.0. The van der Waals surface area contributed by atoms with Gasteiger partial charge < -0.3 is 0 Å². The molecule has 0 bridgehead atoms.